The molecule has 0 amide bonds. The topological polar surface area (TPSA) is 79.5 Å². The summed E-state index contributed by atoms with van der Waals surface area (Å²) in [5.74, 6) is 0.762. The number of aliphatic hydroxyl groups excluding tert-OH is 1. The zero-order valence-corrected chi connectivity index (χ0v) is 10.6. The summed E-state index contributed by atoms with van der Waals surface area (Å²) in [4.78, 5) is 16.7. The Kier molecular flexibility index (Phi) is 3.91. The molecule has 0 aliphatic carbocycles. The standard InChI is InChI=1S/C13H15N3O3/c1-2-15(7-8-17)13-6-3-10-9-11(16(18)19)4-5-12(10)14-13/h3-6,9,17H,2,7-8H2,1H3. The highest BCUT2D eigenvalue weighted by atomic mass is 16.6. The fourth-order valence-electron chi connectivity index (χ4n) is 1.95. The Balaban J connectivity index is 2.41. The molecule has 0 bridgehead atoms. The lowest BCUT2D eigenvalue weighted by Crippen LogP contribution is -2.26. The Morgan fingerprint density at radius 1 is 1.37 bits per heavy atom. The van der Waals surface area contributed by atoms with E-state index >= 15 is 0 Å². The van der Waals surface area contributed by atoms with E-state index in [1.807, 2.05) is 24.0 Å². The Bertz CT molecular complexity index is 601. The summed E-state index contributed by atoms with van der Waals surface area (Å²) >= 11 is 0. The van der Waals surface area contributed by atoms with Crippen molar-refractivity contribution in [1.29, 1.82) is 0 Å². The van der Waals surface area contributed by atoms with Gasteiger partial charge in [0, 0.05) is 30.6 Å². The van der Waals surface area contributed by atoms with Crippen molar-refractivity contribution < 1.29 is 10.0 Å². The summed E-state index contributed by atoms with van der Waals surface area (Å²) in [6.45, 7) is 3.30. The molecule has 2 aromatic rings. The third kappa shape index (κ3) is 2.79. The first-order valence-corrected chi connectivity index (χ1v) is 6.06. The first-order chi connectivity index (χ1) is 9.15. The molecular weight excluding hydrogens is 246 g/mol. The number of likely N-dealkylation sites (N-methyl/N-ethyl adjacent to an activating group) is 1. The normalized spacial score (nSPS) is 10.6. The second-order valence-corrected chi connectivity index (χ2v) is 4.11. The molecule has 6 nitrogen and oxygen atoms in total. The average Bonchev–Trinajstić information content (AvgIpc) is 2.43. The zero-order chi connectivity index (χ0) is 13.8. The molecule has 0 radical (unpaired) electrons. The number of benzene rings is 1. The van der Waals surface area contributed by atoms with E-state index in [-0.39, 0.29) is 12.3 Å². The van der Waals surface area contributed by atoms with Crippen molar-refractivity contribution in [3.05, 3.63) is 40.4 Å². The molecule has 0 fully saturated rings. The van der Waals surface area contributed by atoms with Crippen molar-refractivity contribution in [2.75, 3.05) is 24.6 Å². The van der Waals surface area contributed by atoms with Gasteiger partial charge in [-0.15, -0.1) is 0 Å². The minimum atomic E-state index is -0.419. The molecule has 0 saturated carbocycles. The summed E-state index contributed by atoms with van der Waals surface area (Å²) < 4.78 is 0. The molecule has 0 saturated heterocycles. The van der Waals surface area contributed by atoms with Gasteiger partial charge < -0.3 is 10.0 Å². The second-order valence-electron chi connectivity index (χ2n) is 4.11. The average molecular weight is 261 g/mol. The first-order valence-electron chi connectivity index (χ1n) is 6.06. The Morgan fingerprint density at radius 3 is 2.79 bits per heavy atom. The molecule has 2 rings (SSSR count). The van der Waals surface area contributed by atoms with Crippen molar-refractivity contribution in [2.24, 2.45) is 0 Å². The van der Waals surface area contributed by atoms with Gasteiger partial charge in [0.25, 0.3) is 5.69 Å². The Hall–Kier alpha value is -2.21. The zero-order valence-electron chi connectivity index (χ0n) is 10.6. The molecule has 6 heteroatoms. The smallest absolute Gasteiger partial charge is 0.270 e. The van der Waals surface area contributed by atoms with Crippen LogP contribution in [0.15, 0.2) is 30.3 Å². The SMILES string of the molecule is CCN(CCO)c1ccc2cc([N+](=O)[O-])ccc2n1. The van der Waals surface area contributed by atoms with Crippen molar-refractivity contribution in [3.63, 3.8) is 0 Å². The minimum Gasteiger partial charge on any atom is -0.395 e. The van der Waals surface area contributed by atoms with Gasteiger partial charge in [-0.2, -0.15) is 0 Å². The van der Waals surface area contributed by atoms with Crippen LogP contribution < -0.4 is 4.90 Å². The van der Waals surface area contributed by atoms with E-state index in [1.54, 1.807) is 6.07 Å². The summed E-state index contributed by atoms with van der Waals surface area (Å²) in [6, 6.07) is 8.22. The highest BCUT2D eigenvalue weighted by Gasteiger charge is 2.09. The van der Waals surface area contributed by atoms with Gasteiger partial charge >= 0.3 is 0 Å². The number of aromatic nitrogens is 1. The molecule has 1 aromatic carbocycles. The van der Waals surface area contributed by atoms with E-state index in [2.05, 4.69) is 4.98 Å². The van der Waals surface area contributed by atoms with Crippen LogP contribution in [-0.4, -0.2) is 34.7 Å². The van der Waals surface area contributed by atoms with Crippen LogP contribution in [-0.2, 0) is 0 Å². The number of nitrogens with zero attached hydrogens (tertiary/aromatic N) is 3. The van der Waals surface area contributed by atoms with Crippen molar-refractivity contribution in [2.45, 2.75) is 6.92 Å². The van der Waals surface area contributed by atoms with E-state index < -0.39 is 4.92 Å². The molecule has 100 valence electrons. The number of fused-ring (bicyclic) bond motifs is 1. The highest BCUT2D eigenvalue weighted by Crippen LogP contribution is 2.22. The Labute approximate surface area is 110 Å². The van der Waals surface area contributed by atoms with Crippen LogP contribution in [0.5, 0.6) is 0 Å². The van der Waals surface area contributed by atoms with Crippen LogP contribution in [0.4, 0.5) is 11.5 Å². The van der Waals surface area contributed by atoms with Crippen molar-refractivity contribution in [3.8, 4) is 0 Å². The number of nitro benzene ring substituents is 1. The number of aliphatic hydroxyl groups is 1. The molecule has 0 atom stereocenters. The lowest BCUT2D eigenvalue weighted by molar-refractivity contribution is -0.384. The molecule has 0 spiro atoms. The summed E-state index contributed by atoms with van der Waals surface area (Å²) in [5.41, 5.74) is 0.768. The van der Waals surface area contributed by atoms with E-state index in [0.29, 0.717) is 12.1 Å². The predicted octanol–water partition coefficient (Wildman–Crippen LogP) is 1.96. The monoisotopic (exact) mass is 261 g/mol. The van der Waals surface area contributed by atoms with Crippen LogP contribution in [0.3, 0.4) is 0 Å². The number of pyridine rings is 1. The molecule has 0 aliphatic heterocycles. The lowest BCUT2D eigenvalue weighted by Gasteiger charge is -2.20. The van der Waals surface area contributed by atoms with Gasteiger partial charge in [-0.3, -0.25) is 10.1 Å². The van der Waals surface area contributed by atoms with Crippen LogP contribution in [0, 0.1) is 10.1 Å². The maximum atomic E-state index is 10.7. The van der Waals surface area contributed by atoms with Gasteiger partial charge in [-0.25, -0.2) is 4.98 Å². The third-order valence-corrected chi connectivity index (χ3v) is 2.94. The van der Waals surface area contributed by atoms with E-state index in [4.69, 9.17) is 5.11 Å². The second kappa shape index (κ2) is 5.62. The minimum absolute atomic E-state index is 0.0600. The molecule has 19 heavy (non-hydrogen) atoms. The molecule has 0 aliphatic rings. The summed E-state index contributed by atoms with van der Waals surface area (Å²) in [6.07, 6.45) is 0. The fraction of sp³-hybridized carbons (Fsp3) is 0.308. The fourth-order valence-corrected chi connectivity index (χ4v) is 1.95. The van der Waals surface area contributed by atoms with Crippen LogP contribution in [0.2, 0.25) is 0 Å². The summed E-state index contributed by atoms with van der Waals surface area (Å²) in [7, 11) is 0. The number of rotatable bonds is 5. The van der Waals surface area contributed by atoms with Crippen LogP contribution in [0.25, 0.3) is 10.9 Å². The maximum Gasteiger partial charge on any atom is 0.270 e. The van der Waals surface area contributed by atoms with E-state index in [9.17, 15) is 10.1 Å². The summed E-state index contributed by atoms with van der Waals surface area (Å²) in [5, 5.41) is 20.4. The first kappa shape index (κ1) is 13.2. The van der Waals surface area contributed by atoms with Gasteiger partial charge in [-0.1, -0.05) is 0 Å². The van der Waals surface area contributed by atoms with Gasteiger partial charge in [0.2, 0.25) is 0 Å². The molecular formula is C13H15N3O3. The van der Waals surface area contributed by atoms with Gasteiger partial charge in [0.1, 0.15) is 5.82 Å². The van der Waals surface area contributed by atoms with Crippen molar-refractivity contribution in [1.82, 2.24) is 4.98 Å². The van der Waals surface area contributed by atoms with E-state index in [1.165, 1.54) is 12.1 Å². The van der Waals surface area contributed by atoms with Gasteiger partial charge in [0.15, 0.2) is 0 Å². The lowest BCUT2D eigenvalue weighted by atomic mass is 10.2. The molecule has 0 unspecified atom stereocenters. The van der Waals surface area contributed by atoms with Crippen molar-refractivity contribution >= 4 is 22.4 Å². The van der Waals surface area contributed by atoms with Crippen LogP contribution >= 0.6 is 0 Å². The number of anilines is 1. The number of hydrogen-bond acceptors (Lipinski definition) is 5. The number of nitro groups is 1. The Morgan fingerprint density at radius 2 is 2.16 bits per heavy atom. The van der Waals surface area contributed by atoms with Gasteiger partial charge in [-0.05, 0) is 25.1 Å². The largest absolute Gasteiger partial charge is 0.395 e. The quantitative estimate of drug-likeness (QED) is 0.657. The van der Waals surface area contributed by atoms with Crippen LogP contribution in [0.1, 0.15) is 6.92 Å². The molecule has 1 N–H and O–H groups in total. The molecule has 1 aromatic heterocycles. The molecule has 1 heterocycles. The third-order valence-electron chi connectivity index (χ3n) is 2.94. The van der Waals surface area contributed by atoms with Gasteiger partial charge in [0.05, 0.1) is 17.0 Å². The van der Waals surface area contributed by atoms with E-state index in [0.717, 1.165) is 17.7 Å². The number of non-ortho nitro benzene ring substituents is 1. The number of hydrogen-bond donors (Lipinski definition) is 1. The maximum absolute atomic E-state index is 10.7. The predicted molar refractivity (Wildman–Crippen MR) is 73.4 cm³/mol. The highest BCUT2D eigenvalue weighted by molar-refractivity contribution is 5.82.